The average Bonchev–Trinajstić information content (AvgIpc) is 1.88. The molecule has 0 aliphatic rings. The fraction of sp³-hybridized carbons (Fsp3) is 0.143. The maximum atomic E-state index is 12.4. The number of halogens is 1. The molecule has 0 aliphatic carbocycles. The quantitative estimate of drug-likeness (QED) is 0.672. The van der Waals surface area contributed by atoms with Crippen LogP contribution in [0.1, 0.15) is 17.9 Å². The zero-order chi connectivity index (χ0) is 7.56. The van der Waals surface area contributed by atoms with E-state index in [-0.39, 0.29) is 7.43 Å². The maximum Gasteiger partial charge on any atom is 0.357 e. The van der Waals surface area contributed by atoms with Gasteiger partial charge in [0.05, 0.1) is 0 Å². The molecule has 0 spiro atoms. The zero-order valence-corrected chi connectivity index (χ0v) is 4.91. The van der Waals surface area contributed by atoms with Crippen molar-refractivity contribution in [2.75, 3.05) is 0 Å². The van der Waals surface area contributed by atoms with E-state index in [1.807, 2.05) is 0 Å². The molecule has 0 aromatic carbocycles. The lowest BCUT2D eigenvalue weighted by molar-refractivity contribution is 0.0685. The van der Waals surface area contributed by atoms with Crippen molar-refractivity contribution in [1.82, 2.24) is 4.98 Å². The first-order chi connectivity index (χ1) is 4.72. The summed E-state index contributed by atoms with van der Waals surface area (Å²) in [7, 11) is 0. The van der Waals surface area contributed by atoms with Crippen molar-refractivity contribution in [2.24, 2.45) is 0 Å². The van der Waals surface area contributed by atoms with E-state index in [4.69, 9.17) is 5.11 Å². The molecule has 4 heteroatoms. The van der Waals surface area contributed by atoms with Crippen LogP contribution in [0.2, 0.25) is 0 Å². The molecule has 0 unspecified atom stereocenters. The summed E-state index contributed by atoms with van der Waals surface area (Å²) in [4.78, 5) is 13.4. The Kier molecular flexibility index (Phi) is 3.17. The van der Waals surface area contributed by atoms with Gasteiger partial charge in [0.1, 0.15) is 0 Å². The maximum absolute atomic E-state index is 12.4. The van der Waals surface area contributed by atoms with Crippen molar-refractivity contribution in [2.45, 2.75) is 7.43 Å². The Hall–Kier alpha value is -1.45. The Morgan fingerprint density at radius 3 is 2.64 bits per heavy atom. The van der Waals surface area contributed by atoms with Gasteiger partial charge in [-0.1, -0.05) is 7.43 Å². The van der Waals surface area contributed by atoms with Crippen LogP contribution in [0.3, 0.4) is 0 Å². The first-order valence-electron chi connectivity index (χ1n) is 2.55. The van der Waals surface area contributed by atoms with Gasteiger partial charge < -0.3 is 5.11 Å². The Bertz CT molecular complexity index is 262. The molecule has 0 fully saturated rings. The van der Waals surface area contributed by atoms with Crippen molar-refractivity contribution in [3.63, 3.8) is 0 Å². The van der Waals surface area contributed by atoms with Crippen LogP contribution >= 0.6 is 0 Å². The van der Waals surface area contributed by atoms with E-state index in [2.05, 4.69) is 4.98 Å². The molecule has 1 aromatic rings. The van der Waals surface area contributed by atoms with E-state index >= 15 is 0 Å². The van der Waals surface area contributed by atoms with Crippen molar-refractivity contribution in [3.8, 4) is 0 Å². The summed E-state index contributed by atoms with van der Waals surface area (Å²) in [5.41, 5.74) is -0.539. The Labute approximate surface area is 63.5 Å². The highest BCUT2D eigenvalue weighted by Gasteiger charge is 2.08. The molecular weight excluding hydrogens is 149 g/mol. The first kappa shape index (κ1) is 9.55. The van der Waals surface area contributed by atoms with Gasteiger partial charge >= 0.3 is 5.97 Å². The Morgan fingerprint density at radius 1 is 1.64 bits per heavy atom. The number of hydrogen-bond donors (Lipinski definition) is 1. The molecule has 0 amide bonds. The third-order valence-electron chi connectivity index (χ3n) is 0.961. The minimum Gasteiger partial charge on any atom is -0.476 e. The largest absolute Gasteiger partial charge is 0.476 e. The first-order valence-corrected chi connectivity index (χ1v) is 2.55. The summed E-state index contributed by atoms with van der Waals surface area (Å²) < 4.78 is 12.4. The second kappa shape index (κ2) is 3.65. The lowest BCUT2D eigenvalue weighted by Gasteiger charge is -1.91. The predicted octanol–water partition coefficient (Wildman–Crippen LogP) is 1.55. The van der Waals surface area contributed by atoms with Gasteiger partial charge in [0.2, 0.25) is 0 Å². The normalized spacial score (nSPS) is 8.45. The smallest absolute Gasteiger partial charge is 0.357 e. The molecule has 11 heavy (non-hydrogen) atoms. The summed E-state index contributed by atoms with van der Waals surface area (Å²) in [6.45, 7) is 0. The van der Waals surface area contributed by atoms with Crippen molar-refractivity contribution in [1.29, 1.82) is 0 Å². The van der Waals surface area contributed by atoms with Crippen LogP contribution in [0.25, 0.3) is 0 Å². The molecule has 0 atom stereocenters. The number of aromatic carboxylic acids is 1. The van der Waals surface area contributed by atoms with Gasteiger partial charge in [-0.2, -0.15) is 0 Å². The van der Waals surface area contributed by atoms with Crippen molar-refractivity contribution < 1.29 is 14.3 Å². The third kappa shape index (κ3) is 2.00. The highest BCUT2D eigenvalue weighted by Crippen LogP contribution is 2.00. The van der Waals surface area contributed by atoms with E-state index in [9.17, 15) is 9.18 Å². The molecule has 1 N–H and O–H groups in total. The van der Waals surface area contributed by atoms with E-state index in [1.54, 1.807) is 0 Å². The van der Waals surface area contributed by atoms with Crippen LogP contribution in [-0.2, 0) is 0 Å². The highest BCUT2D eigenvalue weighted by molar-refractivity contribution is 5.85. The monoisotopic (exact) mass is 157 g/mol. The van der Waals surface area contributed by atoms with Gasteiger partial charge in [-0.15, -0.1) is 0 Å². The van der Waals surface area contributed by atoms with E-state index < -0.39 is 17.5 Å². The molecule has 0 saturated heterocycles. The second-order valence-electron chi connectivity index (χ2n) is 1.64. The number of aromatic nitrogens is 1. The van der Waals surface area contributed by atoms with Crippen LogP contribution in [0.15, 0.2) is 18.3 Å². The van der Waals surface area contributed by atoms with Crippen LogP contribution in [0.4, 0.5) is 4.39 Å². The van der Waals surface area contributed by atoms with E-state index in [0.717, 1.165) is 6.07 Å². The molecular formula is C7H8FNO2. The van der Waals surface area contributed by atoms with E-state index in [1.165, 1.54) is 12.3 Å². The van der Waals surface area contributed by atoms with Gasteiger partial charge in [0.25, 0.3) is 0 Å². The Balaban J connectivity index is 0.000001000. The van der Waals surface area contributed by atoms with Gasteiger partial charge in [0.15, 0.2) is 11.5 Å². The number of hydrogen-bond acceptors (Lipinski definition) is 2. The SMILES string of the molecule is C.O=C(O)c1ncccc1F. The van der Waals surface area contributed by atoms with Gasteiger partial charge in [0, 0.05) is 6.20 Å². The molecule has 1 rings (SSSR count). The van der Waals surface area contributed by atoms with Crippen LogP contribution in [0.5, 0.6) is 0 Å². The lowest BCUT2D eigenvalue weighted by atomic mass is 10.3. The minimum absolute atomic E-state index is 0. The topological polar surface area (TPSA) is 50.2 Å². The molecule has 0 saturated carbocycles. The van der Waals surface area contributed by atoms with Crippen LogP contribution in [0, 0.1) is 5.82 Å². The van der Waals surface area contributed by atoms with Crippen molar-refractivity contribution in [3.05, 3.63) is 29.8 Å². The van der Waals surface area contributed by atoms with Gasteiger partial charge in [-0.05, 0) is 12.1 Å². The Morgan fingerprint density at radius 2 is 2.27 bits per heavy atom. The summed E-state index contributed by atoms with van der Waals surface area (Å²) in [5.74, 6) is -2.16. The average molecular weight is 157 g/mol. The number of carboxylic acids is 1. The number of pyridine rings is 1. The van der Waals surface area contributed by atoms with Crippen LogP contribution < -0.4 is 0 Å². The molecule has 3 nitrogen and oxygen atoms in total. The molecule has 0 bridgehead atoms. The summed E-state index contributed by atoms with van der Waals surface area (Å²) >= 11 is 0. The fourth-order valence-corrected chi connectivity index (χ4v) is 0.543. The molecule has 0 radical (unpaired) electrons. The highest BCUT2D eigenvalue weighted by atomic mass is 19.1. The zero-order valence-electron chi connectivity index (χ0n) is 4.91. The number of rotatable bonds is 1. The van der Waals surface area contributed by atoms with Crippen LogP contribution in [-0.4, -0.2) is 16.1 Å². The number of carbonyl (C=O) groups is 1. The summed E-state index contributed by atoms with van der Waals surface area (Å²) in [5, 5.41) is 8.26. The summed E-state index contributed by atoms with van der Waals surface area (Å²) in [6.07, 6.45) is 1.23. The lowest BCUT2D eigenvalue weighted by Crippen LogP contribution is -2.02. The fourth-order valence-electron chi connectivity index (χ4n) is 0.543. The number of carboxylic acid groups (broad SMARTS) is 1. The van der Waals surface area contributed by atoms with Gasteiger partial charge in [-0.3, -0.25) is 0 Å². The third-order valence-corrected chi connectivity index (χ3v) is 0.961. The molecule has 0 aliphatic heterocycles. The molecule has 1 aromatic heterocycles. The molecule has 60 valence electrons. The standard InChI is InChI=1S/C6H4FNO2.CH4/c7-4-2-1-3-8-5(4)6(9)10;/h1-3H,(H,9,10);1H4. The second-order valence-corrected chi connectivity index (χ2v) is 1.64. The van der Waals surface area contributed by atoms with E-state index in [0.29, 0.717) is 0 Å². The van der Waals surface area contributed by atoms with Gasteiger partial charge in [-0.25, -0.2) is 14.2 Å². The summed E-state index contributed by atoms with van der Waals surface area (Å²) in [6, 6.07) is 2.39. The minimum atomic E-state index is -1.35. The number of nitrogens with zero attached hydrogens (tertiary/aromatic N) is 1. The molecule has 1 heterocycles. The predicted molar refractivity (Wildman–Crippen MR) is 37.9 cm³/mol. The van der Waals surface area contributed by atoms with Crippen molar-refractivity contribution >= 4 is 5.97 Å².